The van der Waals surface area contributed by atoms with E-state index in [9.17, 15) is 9.59 Å². The Labute approximate surface area is 151 Å². The first-order valence-electron chi connectivity index (χ1n) is 8.83. The number of carbonyl (C=O) groups excluding carboxylic acids is 1. The van der Waals surface area contributed by atoms with Gasteiger partial charge in [-0.15, -0.1) is 0 Å². The maximum absolute atomic E-state index is 12.5. The molecule has 1 amide bonds. The largest absolute Gasteiger partial charge is 0.360 e. The monoisotopic (exact) mass is 351 g/mol. The molecular weight excluding hydrogens is 330 g/mol. The maximum atomic E-state index is 12.5. The van der Waals surface area contributed by atoms with Crippen LogP contribution in [0.3, 0.4) is 0 Å². The Kier molecular flexibility index (Phi) is 4.28. The second-order valence-electron chi connectivity index (χ2n) is 6.89. The molecule has 0 spiro atoms. The number of H-pyrrole nitrogens is 1. The molecule has 2 aromatic heterocycles. The summed E-state index contributed by atoms with van der Waals surface area (Å²) in [6, 6.07) is 2.03. The van der Waals surface area contributed by atoms with Crippen LogP contribution in [0.1, 0.15) is 12.8 Å². The Bertz CT molecular complexity index is 869. The van der Waals surface area contributed by atoms with Gasteiger partial charge in [0.05, 0.1) is 17.9 Å². The van der Waals surface area contributed by atoms with E-state index in [0.29, 0.717) is 30.4 Å². The molecule has 7 nitrogen and oxygen atoms in total. The zero-order valence-corrected chi connectivity index (χ0v) is 14.5. The number of amides is 1. The van der Waals surface area contributed by atoms with Crippen LogP contribution in [0.25, 0.3) is 11.3 Å². The van der Waals surface area contributed by atoms with Crippen molar-refractivity contribution in [3.05, 3.63) is 53.9 Å². The van der Waals surface area contributed by atoms with Gasteiger partial charge < -0.3 is 14.8 Å². The summed E-state index contributed by atoms with van der Waals surface area (Å²) in [6.45, 7) is 5.61. The summed E-state index contributed by atoms with van der Waals surface area (Å²) in [4.78, 5) is 39.4. The Morgan fingerprint density at radius 2 is 2.19 bits per heavy atom. The van der Waals surface area contributed by atoms with Crippen molar-refractivity contribution in [1.82, 2.24) is 19.9 Å². The van der Waals surface area contributed by atoms with E-state index >= 15 is 0 Å². The van der Waals surface area contributed by atoms with Crippen LogP contribution < -0.4 is 10.5 Å². The Balaban J connectivity index is 1.62. The Morgan fingerprint density at radius 1 is 1.38 bits per heavy atom. The van der Waals surface area contributed by atoms with Crippen LogP contribution in [0, 0.1) is 5.92 Å². The Hall–Kier alpha value is -2.96. The molecule has 2 aliphatic rings. The third-order valence-electron chi connectivity index (χ3n) is 4.99. The first-order valence-corrected chi connectivity index (χ1v) is 8.83. The molecule has 26 heavy (non-hydrogen) atoms. The van der Waals surface area contributed by atoms with Crippen LogP contribution in [0.2, 0.25) is 0 Å². The van der Waals surface area contributed by atoms with Gasteiger partial charge in [-0.1, -0.05) is 6.58 Å². The van der Waals surface area contributed by atoms with Crippen molar-refractivity contribution in [2.45, 2.75) is 18.9 Å². The summed E-state index contributed by atoms with van der Waals surface area (Å²) in [6.07, 6.45) is 10.3. The fraction of sp³-hybridized carbons (Fsp3) is 0.368. The summed E-state index contributed by atoms with van der Waals surface area (Å²) in [5.41, 5.74) is 2.06. The van der Waals surface area contributed by atoms with Gasteiger partial charge in [0.1, 0.15) is 5.69 Å². The third-order valence-corrected chi connectivity index (χ3v) is 4.99. The van der Waals surface area contributed by atoms with Crippen LogP contribution in [0.15, 0.2) is 48.3 Å². The standard InChI is InChI=1S/C19H21N5O2/c1-2-18(25)23-11-15(12-23)24(10-13-3-4-13)17-7-14(8-22-19(17)26)16-9-20-5-6-21-16/h2,5-9,13,15H,1,3-4,10-12H2,(H,22,26). The van der Waals surface area contributed by atoms with E-state index < -0.39 is 0 Å². The van der Waals surface area contributed by atoms with Crippen LogP contribution in [0.5, 0.6) is 0 Å². The quantitative estimate of drug-likeness (QED) is 0.797. The fourth-order valence-corrected chi connectivity index (χ4v) is 3.27. The zero-order valence-electron chi connectivity index (χ0n) is 14.5. The van der Waals surface area contributed by atoms with E-state index in [1.807, 2.05) is 6.07 Å². The van der Waals surface area contributed by atoms with Crippen molar-refractivity contribution in [2.75, 3.05) is 24.5 Å². The zero-order chi connectivity index (χ0) is 18.1. The van der Waals surface area contributed by atoms with Gasteiger partial charge in [0.15, 0.2) is 0 Å². The van der Waals surface area contributed by atoms with Crippen molar-refractivity contribution >= 4 is 11.6 Å². The average molecular weight is 351 g/mol. The number of likely N-dealkylation sites (tertiary alicyclic amines) is 1. The normalized spacial score (nSPS) is 16.8. The predicted octanol–water partition coefficient (Wildman–Crippen LogP) is 1.45. The van der Waals surface area contributed by atoms with Gasteiger partial charge in [-0.25, -0.2) is 0 Å². The number of nitrogens with one attached hydrogen (secondary N) is 1. The molecule has 1 saturated carbocycles. The Morgan fingerprint density at radius 3 is 2.85 bits per heavy atom. The predicted molar refractivity (Wildman–Crippen MR) is 98.7 cm³/mol. The molecule has 0 unspecified atom stereocenters. The number of pyridine rings is 1. The minimum Gasteiger partial charge on any atom is -0.360 e. The summed E-state index contributed by atoms with van der Waals surface area (Å²) in [5, 5.41) is 0. The molecule has 0 atom stereocenters. The number of anilines is 1. The van der Waals surface area contributed by atoms with E-state index in [2.05, 4.69) is 26.4 Å². The molecule has 0 bridgehead atoms. The smallest absolute Gasteiger partial charge is 0.271 e. The lowest BCUT2D eigenvalue weighted by atomic mass is 10.0. The molecule has 1 saturated heterocycles. The average Bonchev–Trinajstić information content (AvgIpc) is 3.45. The molecule has 1 N–H and O–H groups in total. The molecule has 2 fully saturated rings. The number of rotatable bonds is 6. The summed E-state index contributed by atoms with van der Waals surface area (Å²) < 4.78 is 0. The van der Waals surface area contributed by atoms with E-state index in [0.717, 1.165) is 12.1 Å². The van der Waals surface area contributed by atoms with Gasteiger partial charge in [0.25, 0.3) is 5.56 Å². The number of hydrogen-bond acceptors (Lipinski definition) is 5. The highest BCUT2D eigenvalue weighted by Crippen LogP contribution is 2.33. The molecule has 0 aromatic carbocycles. The maximum Gasteiger partial charge on any atom is 0.271 e. The third kappa shape index (κ3) is 3.24. The molecule has 134 valence electrons. The highest BCUT2D eigenvalue weighted by atomic mass is 16.2. The minimum atomic E-state index is -0.119. The van der Waals surface area contributed by atoms with Crippen molar-refractivity contribution in [1.29, 1.82) is 0 Å². The molecule has 1 aliphatic carbocycles. The minimum absolute atomic E-state index is 0.0603. The second-order valence-corrected chi connectivity index (χ2v) is 6.89. The highest BCUT2D eigenvalue weighted by Gasteiger charge is 2.37. The van der Waals surface area contributed by atoms with E-state index in [1.165, 1.54) is 18.9 Å². The molecule has 1 aliphatic heterocycles. The number of aromatic amines is 1. The lowest BCUT2D eigenvalue weighted by Gasteiger charge is -2.46. The molecule has 4 rings (SSSR count). The van der Waals surface area contributed by atoms with Crippen molar-refractivity contribution < 1.29 is 4.79 Å². The molecular formula is C19H21N5O2. The van der Waals surface area contributed by atoms with E-state index in [-0.39, 0.29) is 17.5 Å². The second kappa shape index (κ2) is 6.74. The van der Waals surface area contributed by atoms with Gasteiger partial charge in [-0.2, -0.15) is 0 Å². The molecule has 7 heteroatoms. The molecule has 3 heterocycles. The number of aromatic nitrogens is 3. The first-order chi connectivity index (χ1) is 12.7. The van der Waals surface area contributed by atoms with Crippen LogP contribution in [0.4, 0.5) is 5.69 Å². The van der Waals surface area contributed by atoms with E-state index in [1.54, 1.807) is 29.7 Å². The summed E-state index contributed by atoms with van der Waals surface area (Å²) >= 11 is 0. The molecule has 0 radical (unpaired) electrons. The first kappa shape index (κ1) is 16.5. The number of nitrogens with zero attached hydrogens (tertiary/aromatic N) is 4. The highest BCUT2D eigenvalue weighted by molar-refractivity contribution is 5.87. The number of carbonyl (C=O) groups is 1. The SMILES string of the molecule is C=CC(=O)N1CC(N(CC2CC2)c2cc(-c3cnccn3)c[nH]c2=O)C1. The van der Waals surface area contributed by atoms with Gasteiger partial charge in [0.2, 0.25) is 5.91 Å². The number of hydrogen-bond donors (Lipinski definition) is 1. The summed E-state index contributed by atoms with van der Waals surface area (Å²) in [7, 11) is 0. The van der Waals surface area contributed by atoms with Crippen molar-refractivity contribution in [2.24, 2.45) is 5.92 Å². The van der Waals surface area contributed by atoms with E-state index in [4.69, 9.17) is 0 Å². The lowest BCUT2D eigenvalue weighted by Crippen LogP contribution is -2.62. The van der Waals surface area contributed by atoms with Gasteiger partial charge in [-0.3, -0.25) is 19.6 Å². The van der Waals surface area contributed by atoms with Gasteiger partial charge in [0, 0.05) is 43.8 Å². The van der Waals surface area contributed by atoms with Gasteiger partial charge in [-0.05, 0) is 30.9 Å². The van der Waals surface area contributed by atoms with Crippen LogP contribution >= 0.6 is 0 Å². The van der Waals surface area contributed by atoms with Crippen molar-refractivity contribution in [3.63, 3.8) is 0 Å². The topological polar surface area (TPSA) is 82.2 Å². The summed E-state index contributed by atoms with van der Waals surface area (Å²) in [5.74, 6) is 0.563. The van der Waals surface area contributed by atoms with Gasteiger partial charge >= 0.3 is 0 Å². The van der Waals surface area contributed by atoms with Crippen LogP contribution in [-0.4, -0.2) is 51.4 Å². The van der Waals surface area contributed by atoms with Crippen molar-refractivity contribution in [3.8, 4) is 11.3 Å². The fourth-order valence-electron chi connectivity index (χ4n) is 3.27. The molecule has 2 aromatic rings. The lowest BCUT2D eigenvalue weighted by molar-refractivity contribution is -0.130. The van der Waals surface area contributed by atoms with Crippen LogP contribution in [-0.2, 0) is 4.79 Å².